The average molecular weight is 481 g/mol. The molecule has 0 bridgehead atoms. The molecule has 0 radical (unpaired) electrons. The van der Waals surface area contributed by atoms with Gasteiger partial charge >= 0.3 is 41.6 Å². The van der Waals surface area contributed by atoms with Gasteiger partial charge in [0, 0.05) is 23.3 Å². The van der Waals surface area contributed by atoms with E-state index in [-0.39, 0.29) is 0 Å². The molecule has 2 aromatic rings. The molecule has 0 saturated carbocycles. The molecule has 0 aromatic heterocycles. The van der Waals surface area contributed by atoms with E-state index in [1.54, 1.807) is 0 Å². The number of aryl methyl sites for hydroxylation is 2. The van der Waals surface area contributed by atoms with E-state index in [1.807, 2.05) is 12.2 Å². The van der Waals surface area contributed by atoms with Gasteiger partial charge in [0.15, 0.2) is 0 Å². The van der Waals surface area contributed by atoms with E-state index in [4.69, 9.17) is 0 Å². The minimum atomic E-state index is 0.822. The number of hydrogen-bond donors (Lipinski definition) is 0. The van der Waals surface area contributed by atoms with Gasteiger partial charge in [-0.25, -0.2) is 4.70 Å². The second-order valence-electron chi connectivity index (χ2n) is 6.87. The fourth-order valence-electron chi connectivity index (χ4n) is 3.16. The van der Waals surface area contributed by atoms with Crippen LogP contribution in [-0.4, -0.2) is 4.70 Å². The van der Waals surface area contributed by atoms with Gasteiger partial charge in [0.1, 0.15) is 0 Å². The molecule has 1 aliphatic heterocycles. The molecular weight excluding hydrogens is 447 g/mol. The maximum absolute atomic E-state index is 10.6. The third-order valence-corrected chi connectivity index (χ3v) is 6.45. The van der Waals surface area contributed by atoms with Crippen molar-refractivity contribution in [1.82, 2.24) is 0 Å². The number of hydrogen-bond acceptors (Lipinski definition) is 0. The van der Waals surface area contributed by atoms with E-state index in [0.29, 0.717) is 0 Å². The molecule has 0 amide bonds. The molecule has 0 atom stereocenters. The topological polar surface area (TPSA) is 25.3 Å². The Kier molecular flexibility index (Phi) is 10.3. The van der Waals surface area contributed by atoms with Gasteiger partial charge < -0.3 is 5.53 Å². The fourth-order valence-corrected chi connectivity index (χ4v) is 3.94. The van der Waals surface area contributed by atoms with Gasteiger partial charge in [-0.3, -0.25) is 0 Å². The number of rotatable bonds is 8. The molecule has 3 heteroatoms. The van der Waals surface area contributed by atoms with Crippen LogP contribution in [0.15, 0.2) is 60.7 Å². The Balaban J connectivity index is 0.000000537. The first kappa shape index (κ1) is 23.5. The van der Waals surface area contributed by atoms with Crippen molar-refractivity contribution < 1.29 is 22.7 Å². The molecule has 1 heterocycles. The molecule has 2 aromatic carbocycles. The predicted octanol–water partition coefficient (Wildman–Crippen LogP) is 7.97. The van der Waals surface area contributed by atoms with Crippen LogP contribution in [0, 0.1) is 0 Å². The molecule has 1 aliphatic rings. The van der Waals surface area contributed by atoms with Crippen molar-refractivity contribution >= 4 is 11.4 Å². The third kappa shape index (κ3) is 6.88. The standard InChI is InChI=1S/C22H24N2.2C2H5.Pd/c1-3-5-6-18-9-13-20(14-10-18)22-16-15-21(24(22)23)19-11-7-17(4-2)8-12-19;2*1-2;/h7-16H,3-6H2,1-2H3;2*1H2,2H3;. The van der Waals surface area contributed by atoms with Crippen molar-refractivity contribution in [2.75, 3.05) is 0 Å². The zero-order valence-corrected chi connectivity index (χ0v) is 19.8. The van der Waals surface area contributed by atoms with Crippen molar-refractivity contribution in [2.24, 2.45) is 0 Å². The number of nitrogens with zero attached hydrogens (tertiary/aromatic N) is 2. The molecule has 0 fully saturated rings. The van der Waals surface area contributed by atoms with Crippen LogP contribution < -0.4 is 0 Å². The van der Waals surface area contributed by atoms with Crippen LogP contribution in [0.2, 0.25) is 9.79 Å². The van der Waals surface area contributed by atoms with Gasteiger partial charge in [-0.1, -0.05) is 44.5 Å². The molecule has 3 rings (SSSR count). The summed E-state index contributed by atoms with van der Waals surface area (Å²) in [5, 5.41) is 0. The Morgan fingerprint density at radius 2 is 1.21 bits per heavy atom. The van der Waals surface area contributed by atoms with E-state index in [1.165, 1.54) is 38.5 Å². The summed E-state index contributed by atoms with van der Waals surface area (Å²) < 4.78 is 1.29. The first-order valence-electron chi connectivity index (χ1n) is 10.7. The molecule has 0 aliphatic carbocycles. The van der Waals surface area contributed by atoms with Crippen LogP contribution in [0.4, 0.5) is 0 Å². The van der Waals surface area contributed by atoms with Crippen LogP contribution in [-0.2, 0) is 30.8 Å². The second-order valence-corrected chi connectivity index (χ2v) is 9.85. The quantitative estimate of drug-likeness (QED) is 0.270. The van der Waals surface area contributed by atoms with E-state index in [2.05, 4.69) is 76.2 Å². The van der Waals surface area contributed by atoms with Gasteiger partial charge in [-0.2, -0.15) is 0 Å². The van der Waals surface area contributed by atoms with E-state index >= 15 is 0 Å². The second kappa shape index (κ2) is 12.7. The predicted molar refractivity (Wildman–Crippen MR) is 121 cm³/mol. The van der Waals surface area contributed by atoms with Gasteiger partial charge in [0.05, 0.1) is 0 Å². The van der Waals surface area contributed by atoms with Crippen molar-refractivity contribution in [3.05, 3.63) is 88.5 Å². The summed E-state index contributed by atoms with van der Waals surface area (Å²) in [6.45, 7) is 8.82. The van der Waals surface area contributed by atoms with E-state index in [0.717, 1.165) is 53.3 Å². The van der Waals surface area contributed by atoms with Crippen molar-refractivity contribution in [2.45, 2.75) is 63.2 Å². The number of unbranched alkanes of at least 4 members (excludes halogenated alkanes) is 1. The maximum atomic E-state index is 10.6. The van der Waals surface area contributed by atoms with Crippen LogP contribution in [0.1, 0.15) is 62.8 Å². The molecular formula is C26H34N2Pd. The molecule has 29 heavy (non-hydrogen) atoms. The summed E-state index contributed by atoms with van der Waals surface area (Å²) in [5.41, 5.74) is 17.0. The summed E-state index contributed by atoms with van der Waals surface area (Å²) >= 11 is 1.04. The summed E-state index contributed by atoms with van der Waals surface area (Å²) in [6.07, 6.45) is 8.52. The average Bonchev–Trinajstić information content (AvgIpc) is 3.15. The molecule has 2 nitrogen and oxygen atoms in total. The first-order valence-corrected chi connectivity index (χ1v) is 12.9. The Hall–Kier alpha value is -1.82. The van der Waals surface area contributed by atoms with Crippen LogP contribution in [0.5, 0.6) is 0 Å². The normalized spacial score (nSPS) is 13.0. The van der Waals surface area contributed by atoms with Crippen molar-refractivity contribution in [3.63, 3.8) is 0 Å². The molecule has 0 saturated heterocycles. The monoisotopic (exact) mass is 480 g/mol. The number of allylic oxidation sites excluding steroid dienone is 2. The summed E-state index contributed by atoms with van der Waals surface area (Å²) in [7, 11) is 0. The zero-order valence-electron chi connectivity index (χ0n) is 18.2. The van der Waals surface area contributed by atoms with Crippen molar-refractivity contribution in [3.8, 4) is 0 Å². The van der Waals surface area contributed by atoms with Gasteiger partial charge in [0.2, 0.25) is 11.4 Å². The first-order chi connectivity index (χ1) is 14.1. The molecule has 0 N–H and O–H groups in total. The molecule has 158 valence electrons. The van der Waals surface area contributed by atoms with Gasteiger partial charge in [-0.15, -0.1) is 0 Å². The minimum absolute atomic E-state index is 0.822. The van der Waals surface area contributed by atoms with E-state index < -0.39 is 0 Å². The number of benzene rings is 2. The Morgan fingerprint density at radius 1 is 0.724 bits per heavy atom. The van der Waals surface area contributed by atoms with Gasteiger partial charge in [-0.05, 0) is 54.7 Å². The van der Waals surface area contributed by atoms with Crippen LogP contribution in [0.3, 0.4) is 0 Å². The van der Waals surface area contributed by atoms with Crippen molar-refractivity contribution in [1.29, 1.82) is 0 Å². The van der Waals surface area contributed by atoms with Crippen LogP contribution >= 0.6 is 0 Å². The molecule has 0 unspecified atom stereocenters. The fraction of sp³-hybridized carbons (Fsp3) is 0.385. The summed E-state index contributed by atoms with van der Waals surface area (Å²) in [6, 6.07) is 16.9. The van der Waals surface area contributed by atoms with E-state index in [9.17, 15) is 5.53 Å². The Labute approximate surface area is 185 Å². The van der Waals surface area contributed by atoms with Crippen LogP contribution in [0.25, 0.3) is 16.9 Å². The third-order valence-electron chi connectivity index (χ3n) is 4.90. The summed E-state index contributed by atoms with van der Waals surface area (Å²) in [4.78, 5) is 2.79. The zero-order chi connectivity index (χ0) is 21.1. The summed E-state index contributed by atoms with van der Waals surface area (Å²) in [5.74, 6) is 0. The van der Waals surface area contributed by atoms with Gasteiger partial charge in [0.25, 0.3) is 0 Å². The Morgan fingerprint density at radius 3 is 1.59 bits per heavy atom. The SMILES string of the molecule is CCCCc1ccc(C2=CC=C(c3ccc(CC)cc3)[N+]2=[N-])cc1.C[CH2][Pd][CH2]C. The molecule has 0 spiro atoms. The Bertz CT molecular complexity index is 828.